The van der Waals surface area contributed by atoms with Gasteiger partial charge in [-0.3, -0.25) is 4.79 Å². The molecule has 0 aromatic heterocycles. The Morgan fingerprint density at radius 3 is 2.71 bits per heavy atom. The second-order valence-electron chi connectivity index (χ2n) is 7.25. The molecule has 1 saturated heterocycles. The summed E-state index contributed by atoms with van der Waals surface area (Å²) in [6.07, 6.45) is 1.47. The normalized spacial score (nSPS) is 16.7. The highest BCUT2D eigenvalue weighted by Crippen LogP contribution is 2.24. The van der Waals surface area contributed by atoms with Gasteiger partial charge in [-0.05, 0) is 51.0 Å². The number of ether oxygens (including phenoxy) is 1. The Labute approximate surface area is 164 Å². The molecule has 1 unspecified atom stereocenters. The van der Waals surface area contributed by atoms with Crippen LogP contribution in [-0.2, 0) is 0 Å². The summed E-state index contributed by atoms with van der Waals surface area (Å²) in [5, 5.41) is 2.59. The number of benzene rings is 2. The third kappa shape index (κ3) is 4.88. The fourth-order valence-electron chi connectivity index (χ4n) is 3.36. The van der Waals surface area contributed by atoms with Gasteiger partial charge in [0, 0.05) is 24.6 Å². The van der Waals surface area contributed by atoms with E-state index in [-0.39, 0.29) is 29.5 Å². The number of urea groups is 1. The lowest BCUT2D eigenvalue weighted by molar-refractivity contribution is 0.0850. The van der Waals surface area contributed by atoms with E-state index in [0.29, 0.717) is 24.4 Å². The number of nitrogens with zero attached hydrogens (tertiary/aromatic N) is 1. The molecule has 0 spiro atoms. The molecule has 6 heteroatoms. The number of hydrogen-bond donors (Lipinski definition) is 1. The van der Waals surface area contributed by atoms with Crippen LogP contribution >= 0.6 is 0 Å². The number of hydrogen-bond acceptors (Lipinski definition) is 3. The van der Waals surface area contributed by atoms with Crippen LogP contribution in [0.15, 0.2) is 48.5 Å². The van der Waals surface area contributed by atoms with Crippen molar-refractivity contribution in [3.8, 4) is 5.75 Å². The van der Waals surface area contributed by atoms with Gasteiger partial charge >= 0.3 is 6.03 Å². The fourth-order valence-corrected chi connectivity index (χ4v) is 3.36. The molecule has 3 rings (SSSR count). The Hall–Kier alpha value is -2.89. The summed E-state index contributed by atoms with van der Waals surface area (Å²) in [6.45, 7) is 4.72. The maximum Gasteiger partial charge on any atom is 0.321 e. The molecule has 1 atom stereocenters. The SMILES string of the molecule is CC(C)Oc1cccc(C(=O)C2CCCN(C(=O)Nc3ccccc3F)C2)c1. The molecular formula is C22H25FN2O3. The summed E-state index contributed by atoms with van der Waals surface area (Å²) in [5.74, 6) is -0.111. The largest absolute Gasteiger partial charge is 0.491 e. The monoisotopic (exact) mass is 384 g/mol. The topological polar surface area (TPSA) is 58.6 Å². The molecule has 2 aromatic carbocycles. The van der Waals surface area contributed by atoms with Gasteiger partial charge in [0.2, 0.25) is 0 Å². The first-order chi connectivity index (χ1) is 13.4. The van der Waals surface area contributed by atoms with Gasteiger partial charge in [0.05, 0.1) is 11.8 Å². The zero-order chi connectivity index (χ0) is 20.1. The first-order valence-corrected chi connectivity index (χ1v) is 9.55. The maximum atomic E-state index is 13.8. The summed E-state index contributed by atoms with van der Waals surface area (Å²) < 4.78 is 19.4. The zero-order valence-electron chi connectivity index (χ0n) is 16.2. The third-order valence-electron chi connectivity index (χ3n) is 4.69. The maximum absolute atomic E-state index is 13.8. The molecule has 1 fully saturated rings. The minimum absolute atomic E-state index is 0.00222. The van der Waals surface area contributed by atoms with Crippen molar-refractivity contribution in [2.24, 2.45) is 5.92 Å². The highest BCUT2D eigenvalue weighted by Gasteiger charge is 2.29. The van der Waals surface area contributed by atoms with Crippen molar-refractivity contribution >= 4 is 17.5 Å². The molecular weight excluding hydrogens is 359 g/mol. The summed E-state index contributed by atoms with van der Waals surface area (Å²) in [7, 11) is 0. The minimum Gasteiger partial charge on any atom is -0.491 e. The first-order valence-electron chi connectivity index (χ1n) is 9.55. The van der Waals surface area contributed by atoms with Gasteiger partial charge < -0.3 is 15.0 Å². The van der Waals surface area contributed by atoms with Crippen molar-refractivity contribution in [1.29, 1.82) is 0 Å². The molecule has 0 bridgehead atoms. The molecule has 148 valence electrons. The van der Waals surface area contributed by atoms with Gasteiger partial charge in [-0.15, -0.1) is 0 Å². The Balaban J connectivity index is 1.66. The average Bonchev–Trinajstić information content (AvgIpc) is 2.69. The van der Waals surface area contributed by atoms with Crippen LogP contribution in [0.25, 0.3) is 0 Å². The van der Waals surface area contributed by atoms with Gasteiger partial charge in [0.25, 0.3) is 0 Å². The molecule has 28 heavy (non-hydrogen) atoms. The van der Waals surface area contributed by atoms with E-state index in [2.05, 4.69) is 5.32 Å². The predicted octanol–water partition coefficient (Wildman–Crippen LogP) is 4.74. The molecule has 5 nitrogen and oxygen atoms in total. The van der Waals surface area contributed by atoms with E-state index in [1.807, 2.05) is 19.9 Å². The van der Waals surface area contributed by atoms with Gasteiger partial charge in [-0.25, -0.2) is 9.18 Å². The molecule has 2 amide bonds. The highest BCUT2D eigenvalue weighted by atomic mass is 19.1. The smallest absolute Gasteiger partial charge is 0.321 e. The van der Waals surface area contributed by atoms with E-state index in [4.69, 9.17) is 4.74 Å². The van der Waals surface area contributed by atoms with Crippen LogP contribution in [0.4, 0.5) is 14.9 Å². The number of halogens is 1. The lowest BCUT2D eigenvalue weighted by Crippen LogP contribution is -2.44. The van der Waals surface area contributed by atoms with Crippen LogP contribution in [-0.4, -0.2) is 35.9 Å². The molecule has 2 aromatic rings. The van der Waals surface area contributed by atoms with Crippen molar-refractivity contribution in [2.45, 2.75) is 32.8 Å². The standard InChI is InChI=1S/C22H25FN2O3/c1-15(2)28-18-9-5-7-16(13-18)21(26)17-8-6-12-25(14-17)22(27)24-20-11-4-3-10-19(20)23/h3-5,7,9-11,13,15,17H,6,8,12,14H2,1-2H3,(H,24,27). The van der Waals surface area contributed by atoms with Gasteiger partial charge in [0.15, 0.2) is 5.78 Å². The second kappa shape index (κ2) is 8.87. The Kier molecular flexibility index (Phi) is 6.29. The summed E-state index contributed by atoms with van der Waals surface area (Å²) >= 11 is 0. The number of Topliss-reactive ketones (excluding diaryl/α,β-unsaturated/α-hetero) is 1. The lowest BCUT2D eigenvalue weighted by Gasteiger charge is -2.32. The summed E-state index contributed by atoms with van der Waals surface area (Å²) in [5.41, 5.74) is 0.721. The molecule has 0 aliphatic carbocycles. The van der Waals surface area contributed by atoms with Crippen molar-refractivity contribution in [1.82, 2.24) is 4.90 Å². The molecule has 1 N–H and O–H groups in total. The van der Waals surface area contributed by atoms with Crippen LogP contribution in [0.2, 0.25) is 0 Å². The van der Waals surface area contributed by atoms with E-state index in [1.54, 1.807) is 35.2 Å². The molecule has 0 radical (unpaired) electrons. The second-order valence-corrected chi connectivity index (χ2v) is 7.25. The minimum atomic E-state index is -0.484. The molecule has 0 saturated carbocycles. The summed E-state index contributed by atoms with van der Waals surface area (Å²) in [6, 6.07) is 12.8. The molecule has 1 aliphatic rings. The van der Waals surface area contributed by atoms with Crippen LogP contribution in [0.3, 0.4) is 0 Å². The van der Waals surface area contributed by atoms with E-state index in [1.165, 1.54) is 12.1 Å². The number of piperidine rings is 1. The Bertz CT molecular complexity index is 853. The van der Waals surface area contributed by atoms with Gasteiger partial charge in [-0.1, -0.05) is 24.3 Å². The number of likely N-dealkylation sites (tertiary alicyclic amines) is 1. The number of amides is 2. The van der Waals surface area contributed by atoms with E-state index in [0.717, 1.165) is 12.8 Å². The average molecular weight is 384 g/mol. The number of para-hydroxylation sites is 1. The van der Waals surface area contributed by atoms with Crippen LogP contribution in [0, 0.1) is 11.7 Å². The van der Waals surface area contributed by atoms with Crippen molar-refractivity contribution in [3.05, 3.63) is 59.9 Å². The molecule has 1 aliphatic heterocycles. The van der Waals surface area contributed by atoms with E-state index >= 15 is 0 Å². The number of carbonyl (C=O) groups excluding carboxylic acids is 2. The van der Waals surface area contributed by atoms with Crippen molar-refractivity contribution < 1.29 is 18.7 Å². The lowest BCUT2D eigenvalue weighted by atomic mass is 9.90. The number of rotatable bonds is 5. The first kappa shape index (κ1) is 19.9. The van der Waals surface area contributed by atoms with E-state index < -0.39 is 5.82 Å². The van der Waals surface area contributed by atoms with Crippen LogP contribution in [0.5, 0.6) is 5.75 Å². The van der Waals surface area contributed by atoms with Gasteiger partial charge in [-0.2, -0.15) is 0 Å². The number of ketones is 1. The highest BCUT2D eigenvalue weighted by molar-refractivity contribution is 5.99. The number of nitrogens with one attached hydrogen (secondary N) is 1. The van der Waals surface area contributed by atoms with Crippen LogP contribution < -0.4 is 10.1 Å². The Morgan fingerprint density at radius 2 is 1.96 bits per heavy atom. The quantitative estimate of drug-likeness (QED) is 0.758. The Morgan fingerprint density at radius 1 is 1.18 bits per heavy atom. The van der Waals surface area contributed by atoms with Crippen LogP contribution in [0.1, 0.15) is 37.0 Å². The summed E-state index contributed by atoms with van der Waals surface area (Å²) in [4.78, 5) is 27.0. The van der Waals surface area contributed by atoms with Crippen molar-refractivity contribution in [3.63, 3.8) is 0 Å². The zero-order valence-corrected chi connectivity index (χ0v) is 16.2. The van der Waals surface area contributed by atoms with E-state index in [9.17, 15) is 14.0 Å². The van der Waals surface area contributed by atoms with Crippen molar-refractivity contribution in [2.75, 3.05) is 18.4 Å². The predicted molar refractivity (Wildman–Crippen MR) is 106 cm³/mol. The molecule has 1 heterocycles. The fraction of sp³-hybridized carbons (Fsp3) is 0.364. The number of anilines is 1. The third-order valence-corrected chi connectivity index (χ3v) is 4.69. The van der Waals surface area contributed by atoms with Gasteiger partial charge in [0.1, 0.15) is 11.6 Å². The number of carbonyl (C=O) groups is 2.